The number of nitrogens with zero attached hydrogens (tertiary/aromatic N) is 6. The minimum Gasteiger partial charge on any atom is -0.311 e. The predicted octanol–water partition coefficient (Wildman–Crippen LogP) is 15.9. The lowest BCUT2D eigenvalue weighted by Gasteiger charge is -2.44. The minimum atomic E-state index is -0.128. The van der Waals surface area contributed by atoms with Gasteiger partial charge in [-0.1, -0.05) is 187 Å². The third-order valence-corrected chi connectivity index (χ3v) is 15.2. The molecular weight excluding hydrogens is 912 g/mol. The largest absolute Gasteiger partial charge is 0.311 e. The summed E-state index contributed by atoms with van der Waals surface area (Å²) in [4.78, 5) is 9.18. The van der Waals surface area contributed by atoms with Crippen molar-refractivity contribution in [3.8, 4) is 27.9 Å². The summed E-state index contributed by atoms with van der Waals surface area (Å²) in [6, 6.07) is 86.5. The maximum Gasteiger partial charge on any atom is 0.252 e. The van der Waals surface area contributed by atoms with E-state index in [2.05, 4.69) is 293 Å². The molecule has 0 N–H and O–H groups in total. The van der Waals surface area contributed by atoms with Crippen LogP contribution in [0.25, 0.3) is 39.0 Å². The van der Waals surface area contributed by atoms with Crippen LogP contribution in [0, 0.1) is 0 Å². The monoisotopic (exact) mass is 968 g/mol. The van der Waals surface area contributed by atoms with E-state index in [0.29, 0.717) is 0 Å². The van der Waals surface area contributed by atoms with Crippen molar-refractivity contribution < 1.29 is 0 Å². The zero-order valence-corrected chi connectivity index (χ0v) is 43.3. The van der Waals surface area contributed by atoms with E-state index in [0.717, 1.165) is 84.6 Å². The van der Waals surface area contributed by atoms with Crippen molar-refractivity contribution in [2.24, 2.45) is 0 Å². The molecule has 0 bridgehead atoms. The summed E-state index contributed by atoms with van der Waals surface area (Å²) in [7, 11) is 0. The van der Waals surface area contributed by atoms with Crippen molar-refractivity contribution in [1.82, 2.24) is 15.0 Å². The van der Waals surface area contributed by atoms with Gasteiger partial charge >= 0.3 is 0 Å². The van der Waals surface area contributed by atoms with Crippen molar-refractivity contribution in [3.05, 3.63) is 248 Å². The van der Waals surface area contributed by atoms with Crippen LogP contribution in [0.5, 0.6) is 0 Å². The fraction of sp³-hybridized carbons (Fsp3) is 0.118. The van der Waals surface area contributed by atoms with E-state index in [1.54, 1.807) is 4.80 Å². The van der Waals surface area contributed by atoms with Gasteiger partial charge in [-0.15, -0.1) is 10.2 Å². The Kier molecular flexibility index (Phi) is 11.0. The van der Waals surface area contributed by atoms with Crippen LogP contribution in [-0.2, 0) is 10.8 Å². The van der Waals surface area contributed by atoms with Gasteiger partial charge in [0.25, 0.3) is 6.71 Å². The van der Waals surface area contributed by atoms with Gasteiger partial charge in [0, 0.05) is 51.1 Å². The maximum absolute atomic E-state index is 5.22. The molecule has 362 valence electrons. The topological polar surface area (TPSA) is 40.4 Å². The number of benzene rings is 10. The molecule has 1 aromatic heterocycles. The highest BCUT2D eigenvalue weighted by Crippen LogP contribution is 2.48. The summed E-state index contributed by atoms with van der Waals surface area (Å²) < 4.78 is 0. The molecule has 0 saturated heterocycles. The van der Waals surface area contributed by atoms with E-state index < -0.39 is 0 Å². The third-order valence-electron chi connectivity index (χ3n) is 15.2. The van der Waals surface area contributed by atoms with E-state index in [9.17, 15) is 0 Å². The molecule has 75 heavy (non-hydrogen) atoms. The van der Waals surface area contributed by atoms with Crippen LogP contribution in [0.3, 0.4) is 0 Å². The first kappa shape index (κ1) is 45.9. The molecular formula is C68H57BN6. The molecule has 13 rings (SSSR count). The van der Waals surface area contributed by atoms with Crippen molar-refractivity contribution in [1.29, 1.82) is 0 Å². The zero-order chi connectivity index (χ0) is 51.0. The summed E-state index contributed by atoms with van der Waals surface area (Å²) in [5, 5.41) is 10.4. The second kappa shape index (κ2) is 17.9. The third kappa shape index (κ3) is 8.07. The number of rotatable bonds is 8. The van der Waals surface area contributed by atoms with E-state index >= 15 is 0 Å². The van der Waals surface area contributed by atoms with E-state index in [1.807, 2.05) is 0 Å². The SMILES string of the molecule is CC(C)(C)c1ccc(N(c2ccc3c(c2)N(c2ccccc2)c2cccc4c2B3c2cc3nn(-c5ccc(C(C)(C)C)cc5)nc3cc2N4c2ccccc2)c2cc(-c3ccccc3)ccc2-c2ccccc2)cc1. The van der Waals surface area contributed by atoms with E-state index in [1.165, 1.54) is 33.1 Å². The van der Waals surface area contributed by atoms with Gasteiger partial charge < -0.3 is 14.7 Å². The highest BCUT2D eigenvalue weighted by molar-refractivity contribution is 7.00. The lowest BCUT2D eigenvalue weighted by Crippen LogP contribution is -2.61. The lowest BCUT2D eigenvalue weighted by atomic mass is 9.33. The number of para-hydroxylation sites is 2. The Morgan fingerprint density at radius 1 is 0.373 bits per heavy atom. The van der Waals surface area contributed by atoms with Crippen LogP contribution in [-0.4, -0.2) is 21.7 Å². The molecule has 0 unspecified atom stereocenters. The summed E-state index contributed by atoms with van der Waals surface area (Å²) in [5.41, 5.74) is 23.4. The molecule has 0 aliphatic carbocycles. The summed E-state index contributed by atoms with van der Waals surface area (Å²) in [6.45, 7) is 13.4. The van der Waals surface area contributed by atoms with Gasteiger partial charge in [-0.2, -0.15) is 4.80 Å². The molecule has 2 aliphatic heterocycles. The molecule has 10 aromatic carbocycles. The quantitative estimate of drug-likeness (QED) is 0.142. The van der Waals surface area contributed by atoms with Crippen LogP contribution >= 0.6 is 0 Å². The predicted molar refractivity (Wildman–Crippen MR) is 316 cm³/mol. The maximum atomic E-state index is 5.22. The molecule has 0 spiro atoms. The highest BCUT2D eigenvalue weighted by Gasteiger charge is 2.44. The Balaban J connectivity index is 1.06. The van der Waals surface area contributed by atoms with Crippen molar-refractivity contribution in [2.45, 2.75) is 52.4 Å². The van der Waals surface area contributed by atoms with Crippen molar-refractivity contribution in [2.75, 3.05) is 14.7 Å². The Labute approximate surface area is 440 Å². The summed E-state index contributed by atoms with van der Waals surface area (Å²) in [5.74, 6) is 0. The first-order chi connectivity index (χ1) is 36.5. The highest BCUT2D eigenvalue weighted by atomic mass is 15.5. The Bertz CT molecular complexity index is 3900. The number of fused-ring (bicyclic) bond motifs is 5. The average molecular weight is 969 g/mol. The van der Waals surface area contributed by atoms with E-state index in [-0.39, 0.29) is 17.5 Å². The average Bonchev–Trinajstić information content (AvgIpc) is 3.91. The molecule has 0 saturated carbocycles. The standard InChI is InChI=1S/C68H57BN6/c1-67(2,3)49-31-35-53(36-32-49)72(63-42-48(46-20-11-7-12-21-46)30-40-56(63)47-22-13-8-14-23-47)55-39-41-57-64(43-55)73(51-24-15-9-16-25-51)61-28-19-29-62-66(61)69(57)58-44-59-60(45-65(58)74(62)52-26-17-10-18-27-52)71-75(70-59)54-37-33-50(34-38-54)68(4,5)6/h7-45H,1-6H3. The number of hydrogen-bond donors (Lipinski definition) is 0. The van der Waals surface area contributed by atoms with Gasteiger partial charge in [0.2, 0.25) is 0 Å². The molecule has 6 nitrogen and oxygen atoms in total. The smallest absolute Gasteiger partial charge is 0.252 e. The van der Waals surface area contributed by atoms with Crippen LogP contribution in [0.2, 0.25) is 0 Å². The number of anilines is 9. The van der Waals surface area contributed by atoms with Crippen LogP contribution in [0.4, 0.5) is 51.2 Å². The number of aromatic nitrogens is 3. The Hall–Kier alpha value is -8.94. The molecule has 7 heteroatoms. The van der Waals surface area contributed by atoms with Gasteiger partial charge in [-0.05, 0) is 146 Å². The van der Waals surface area contributed by atoms with Gasteiger partial charge in [-0.3, -0.25) is 0 Å². The normalized spacial score (nSPS) is 12.9. The second-order valence-corrected chi connectivity index (χ2v) is 22.0. The molecule has 2 aliphatic rings. The first-order valence-electron chi connectivity index (χ1n) is 26.1. The van der Waals surface area contributed by atoms with Crippen molar-refractivity contribution >= 4 is 85.3 Å². The molecule has 0 fully saturated rings. The Morgan fingerprint density at radius 3 is 1.45 bits per heavy atom. The lowest BCUT2D eigenvalue weighted by molar-refractivity contribution is 0.589. The summed E-state index contributed by atoms with van der Waals surface area (Å²) in [6.07, 6.45) is 0. The van der Waals surface area contributed by atoms with Crippen LogP contribution in [0.1, 0.15) is 52.7 Å². The van der Waals surface area contributed by atoms with Gasteiger partial charge in [-0.25, -0.2) is 0 Å². The minimum absolute atomic E-state index is 0.0100. The zero-order valence-electron chi connectivity index (χ0n) is 43.3. The molecule has 0 radical (unpaired) electrons. The first-order valence-corrected chi connectivity index (χ1v) is 26.1. The fourth-order valence-electron chi connectivity index (χ4n) is 11.3. The van der Waals surface area contributed by atoms with Crippen LogP contribution in [0.15, 0.2) is 237 Å². The van der Waals surface area contributed by atoms with E-state index in [4.69, 9.17) is 10.2 Å². The molecule has 11 aromatic rings. The molecule has 0 amide bonds. The van der Waals surface area contributed by atoms with Gasteiger partial charge in [0.1, 0.15) is 11.0 Å². The Morgan fingerprint density at radius 2 is 0.880 bits per heavy atom. The van der Waals surface area contributed by atoms with Crippen LogP contribution < -0.4 is 31.1 Å². The fourth-order valence-corrected chi connectivity index (χ4v) is 11.3. The van der Waals surface area contributed by atoms with Crippen molar-refractivity contribution in [3.63, 3.8) is 0 Å². The second-order valence-electron chi connectivity index (χ2n) is 22.0. The van der Waals surface area contributed by atoms with Gasteiger partial charge in [0.15, 0.2) is 0 Å². The number of hydrogen-bond acceptors (Lipinski definition) is 5. The molecule has 0 atom stereocenters. The summed E-state index contributed by atoms with van der Waals surface area (Å²) >= 11 is 0. The van der Waals surface area contributed by atoms with Gasteiger partial charge in [0.05, 0.1) is 11.4 Å². The molecule has 3 heterocycles.